The molecule has 0 aliphatic heterocycles. The normalized spacial score (nSPS) is 15.4. The van der Waals surface area contributed by atoms with Crippen molar-refractivity contribution in [1.82, 2.24) is 5.32 Å². The molecule has 0 saturated heterocycles. The molecule has 1 rings (SSSR count). The smallest absolute Gasteiger partial charge is 0.127 e. The second-order valence-electron chi connectivity index (χ2n) is 4.72. The van der Waals surface area contributed by atoms with Crippen LogP contribution in [0.5, 0.6) is 0 Å². The van der Waals surface area contributed by atoms with Crippen LogP contribution in [-0.2, 0) is 6.54 Å². The maximum Gasteiger partial charge on any atom is 0.127 e. The Morgan fingerprint density at radius 2 is 1.86 bits per heavy atom. The molecule has 14 heavy (non-hydrogen) atoms. The second kappa shape index (κ2) is 4.65. The Kier molecular flexibility index (Phi) is 3.76. The van der Waals surface area contributed by atoms with Gasteiger partial charge in [0.15, 0.2) is 0 Å². The fourth-order valence-electron chi connectivity index (χ4n) is 1.13. The first-order chi connectivity index (χ1) is 6.52. The molecule has 0 amide bonds. The van der Waals surface area contributed by atoms with Gasteiger partial charge in [-0.2, -0.15) is 0 Å². The van der Waals surface area contributed by atoms with Gasteiger partial charge in [0.05, 0.1) is 0 Å². The molecule has 1 N–H and O–H groups in total. The first-order valence-corrected chi connectivity index (χ1v) is 5.31. The monoisotopic (exact) mass is 189 g/mol. The summed E-state index contributed by atoms with van der Waals surface area (Å²) in [7, 11) is 2.25. The fourth-order valence-corrected chi connectivity index (χ4v) is 1.13. The summed E-state index contributed by atoms with van der Waals surface area (Å²) in [6.45, 7) is 7.70. The molecule has 0 aromatic heterocycles. The predicted molar refractivity (Wildman–Crippen MR) is 65.1 cm³/mol. The molecule has 0 aliphatic carbocycles. The Morgan fingerprint density at radius 1 is 1.29 bits per heavy atom. The van der Waals surface area contributed by atoms with E-state index in [-0.39, 0.29) is 5.44 Å². The van der Waals surface area contributed by atoms with Gasteiger partial charge >= 0.3 is 0 Å². The largest absolute Gasteiger partial charge is 0.315 e. The lowest BCUT2D eigenvalue weighted by Gasteiger charge is -2.31. The number of rotatable bonds is 4. The Hall–Kier alpha value is -0.755. The topological polar surface area (TPSA) is 12.0 Å². The van der Waals surface area contributed by atoms with Gasteiger partial charge in [-0.15, -0.1) is 0 Å². The van der Waals surface area contributed by atoms with Crippen LogP contribution in [0.3, 0.4) is 0 Å². The fraction of sp³-hybridized carbons (Fsp3) is 0.500. The molecule has 0 radical (unpaired) electrons. The Bertz CT molecular complexity index is 267. The van der Waals surface area contributed by atoms with Gasteiger partial charge in [-0.05, 0) is 16.9 Å². The third-order valence-electron chi connectivity index (χ3n) is 3.03. The molecule has 1 atom stereocenters. The molecule has 1 unspecified atom stereocenters. The third kappa shape index (κ3) is 3.19. The lowest BCUT2D eigenvalue weighted by atomic mass is 9.71. The zero-order valence-corrected chi connectivity index (χ0v) is 9.67. The summed E-state index contributed by atoms with van der Waals surface area (Å²) < 4.78 is 0. The maximum atomic E-state index is 3.57. The van der Waals surface area contributed by atoms with Crippen LogP contribution in [0.2, 0.25) is 0 Å². The van der Waals surface area contributed by atoms with Crippen LogP contribution in [0.15, 0.2) is 30.3 Å². The van der Waals surface area contributed by atoms with Crippen molar-refractivity contribution in [2.24, 2.45) is 5.92 Å². The molecule has 2 heteroatoms. The molecule has 1 aromatic carbocycles. The quantitative estimate of drug-likeness (QED) is 0.712. The first-order valence-electron chi connectivity index (χ1n) is 5.31. The minimum Gasteiger partial charge on any atom is -0.315 e. The lowest BCUT2D eigenvalue weighted by Crippen LogP contribution is -2.46. The van der Waals surface area contributed by atoms with Crippen LogP contribution in [0.1, 0.15) is 26.3 Å². The average Bonchev–Trinajstić information content (AvgIpc) is 2.16. The van der Waals surface area contributed by atoms with E-state index < -0.39 is 0 Å². The Balaban J connectivity index is 2.49. The van der Waals surface area contributed by atoms with E-state index in [0.717, 1.165) is 6.54 Å². The SMILES string of the molecule is BC(C)(NCc1ccccc1)C(C)C. The number of benzene rings is 1. The van der Waals surface area contributed by atoms with Gasteiger partial charge in [0, 0.05) is 6.54 Å². The molecule has 0 heterocycles. The molecule has 0 spiro atoms. The van der Waals surface area contributed by atoms with Crippen molar-refractivity contribution >= 4 is 7.85 Å². The third-order valence-corrected chi connectivity index (χ3v) is 3.03. The van der Waals surface area contributed by atoms with Crippen molar-refractivity contribution in [3.63, 3.8) is 0 Å². The van der Waals surface area contributed by atoms with Crippen LogP contribution in [-0.4, -0.2) is 13.3 Å². The molecule has 0 fully saturated rings. The van der Waals surface area contributed by atoms with E-state index in [0.29, 0.717) is 5.92 Å². The van der Waals surface area contributed by atoms with E-state index in [2.05, 4.69) is 64.3 Å². The first kappa shape index (κ1) is 11.3. The Labute approximate surface area is 88.3 Å². The van der Waals surface area contributed by atoms with Crippen LogP contribution >= 0.6 is 0 Å². The Morgan fingerprint density at radius 3 is 2.36 bits per heavy atom. The predicted octanol–water partition coefficient (Wildman–Crippen LogP) is 1.78. The van der Waals surface area contributed by atoms with Crippen molar-refractivity contribution in [1.29, 1.82) is 0 Å². The summed E-state index contributed by atoms with van der Waals surface area (Å²) in [4.78, 5) is 0. The second-order valence-corrected chi connectivity index (χ2v) is 4.72. The summed E-state index contributed by atoms with van der Waals surface area (Å²) in [5.41, 5.74) is 1.55. The van der Waals surface area contributed by atoms with Gasteiger partial charge in [-0.1, -0.05) is 51.1 Å². The molecular formula is C12H20BN. The van der Waals surface area contributed by atoms with Gasteiger partial charge < -0.3 is 5.32 Å². The minimum atomic E-state index is 0.204. The number of hydrogen-bond donors (Lipinski definition) is 1. The van der Waals surface area contributed by atoms with Crippen molar-refractivity contribution in [2.45, 2.75) is 32.8 Å². The van der Waals surface area contributed by atoms with Gasteiger partial charge in [0.25, 0.3) is 0 Å². The summed E-state index contributed by atoms with van der Waals surface area (Å²) in [5, 5.41) is 3.57. The molecule has 0 bridgehead atoms. The highest BCUT2D eigenvalue weighted by atomic mass is 14.9. The van der Waals surface area contributed by atoms with Crippen molar-refractivity contribution < 1.29 is 0 Å². The maximum absolute atomic E-state index is 3.57. The van der Waals surface area contributed by atoms with Crippen molar-refractivity contribution in [3.8, 4) is 0 Å². The zero-order chi connectivity index (χ0) is 10.6. The summed E-state index contributed by atoms with van der Waals surface area (Å²) in [5.74, 6) is 0.645. The molecular weight excluding hydrogens is 169 g/mol. The van der Waals surface area contributed by atoms with Crippen LogP contribution in [0, 0.1) is 5.92 Å². The van der Waals surface area contributed by atoms with Crippen molar-refractivity contribution in [2.75, 3.05) is 0 Å². The number of nitrogens with one attached hydrogen (secondary N) is 1. The highest BCUT2D eigenvalue weighted by Gasteiger charge is 2.20. The molecule has 1 aromatic rings. The number of hydrogen-bond acceptors (Lipinski definition) is 1. The van der Waals surface area contributed by atoms with E-state index in [9.17, 15) is 0 Å². The minimum absolute atomic E-state index is 0.204. The lowest BCUT2D eigenvalue weighted by molar-refractivity contribution is 0.372. The van der Waals surface area contributed by atoms with E-state index >= 15 is 0 Å². The standard InChI is InChI=1S/C12H20BN/c1-10(2)12(3,13)14-9-11-7-5-4-6-8-11/h4-8,10,14H,9,13H2,1-3H3. The van der Waals surface area contributed by atoms with E-state index in [1.165, 1.54) is 5.56 Å². The van der Waals surface area contributed by atoms with Gasteiger partial charge in [-0.3, -0.25) is 0 Å². The molecule has 1 nitrogen and oxygen atoms in total. The van der Waals surface area contributed by atoms with Gasteiger partial charge in [0.2, 0.25) is 0 Å². The van der Waals surface area contributed by atoms with Crippen molar-refractivity contribution in [3.05, 3.63) is 35.9 Å². The van der Waals surface area contributed by atoms with Crippen LogP contribution < -0.4 is 5.32 Å². The van der Waals surface area contributed by atoms with Gasteiger partial charge in [0.1, 0.15) is 7.85 Å². The molecule has 0 saturated carbocycles. The van der Waals surface area contributed by atoms with Crippen LogP contribution in [0.4, 0.5) is 0 Å². The summed E-state index contributed by atoms with van der Waals surface area (Å²) >= 11 is 0. The average molecular weight is 189 g/mol. The van der Waals surface area contributed by atoms with Gasteiger partial charge in [-0.25, -0.2) is 0 Å². The van der Waals surface area contributed by atoms with E-state index in [1.807, 2.05) is 0 Å². The van der Waals surface area contributed by atoms with E-state index in [4.69, 9.17) is 0 Å². The van der Waals surface area contributed by atoms with E-state index in [1.54, 1.807) is 0 Å². The zero-order valence-electron chi connectivity index (χ0n) is 9.67. The summed E-state index contributed by atoms with van der Waals surface area (Å²) in [6.07, 6.45) is 0. The summed E-state index contributed by atoms with van der Waals surface area (Å²) in [6, 6.07) is 10.5. The highest BCUT2D eigenvalue weighted by molar-refractivity contribution is 6.15. The highest BCUT2D eigenvalue weighted by Crippen LogP contribution is 2.12. The molecule has 0 aliphatic rings. The van der Waals surface area contributed by atoms with Crippen LogP contribution in [0.25, 0.3) is 0 Å². The molecule has 76 valence electrons.